The van der Waals surface area contributed by atoms with E-state index in [9.17, 15) is 9.18 Å². The van der Waals surface area contributed by atoms with Crippen LogP contribution in [0.3, 0.4) is 0 Å². The molecule has 3 aromatic rings. The van der Waals surface area contributed by atoms with E-state index >= 15 is 0 Å². The van der Waals surface area contributed by atoms with Gasteiger partial charge < -0.3 is 9.84 Å². The zero-order valence-corrected chi connectivity index (χ0v) is 15.4. The molecule has 0 spiro atoms. The van der Waals surface area contributed by atoms with Crippen molar-refractivity contribution in [2.45, 2.75) is 6.61 Å². The third-order valence-electron chi connectivity index (χ3n) is 3.84. The summed E-state index contributed by atoms with van der Waals surface area (Å²) in [6.07, 6.45) is 1.58. The van der Waals surface area contributed by atoms with Crippen molar-refractivity contribution in [2.24, 2.45) is 5.10 Å². The van der Waals surface area contributed by atoms with Gasteiger partial charge in [-0.25, -0.2) is 9.18 Å². The molecule has 0 radical (unpaired) electrons. The highest BCUT2D eigenvalue weighted by atomic mass is 35.5. The minimum Gasteiger partial charge on any atom is -0.489 e. The Bertz CT molecular complexity index is 1010. The fourth-order valence-corrected chi connectivity index (χ4v) is 2.57. The Kier molecular flexibility index (Phi) is 6.24. The first-order valence-corrected chi connectivity index (χ1v) is 8.69. The van der Waals surface area contributed by atoms with Crippen LogP contribution in [0.4, 0.5) is 10.1 Å². The quantitative estimate of drug-likeness (QED) is 0.423. The molecule has 7 heteroatoms. The maximum absolute atomic E-state index is 13.6. The Morgan fingerprint density at radius 1 is 1.14 bits per heavy atom. The lowest BCUT2D eigenvalue weighted by Gasteiger charge is -2.07. The molecule has 0 unspecified atom stereocenters. The van der Waals surface area contributed by atoms with Crippen molar-refractivity contribution in [1.29, 1.82) is 0 Å². The zero-order chi connectivity index (χ0) is 19.9. The highest BCUT2D eigenvalue weighted by Gasteiger charge is 2.08. The molecule has 0 heterocycles. The summed E-state index contributed by atoms with van der Waals surface area (Å²) in [4.78, 5) is 11.1. The van der Waals surface area contributed by atoms with Gasteiger partial charge in [0.25, 0.3) is 0 Å². The van der Waals surface area contributed by atoms with E-state index in [1.807, 2.05) is 0 Å². The fourth-order valence-electron chi connectivity index (χ4n) is 2.37. The third kappa shape index (κ3) is 5.08. The van der Waals surface area contributed by atoms with Crippen molar-refractivity contribution < 1.29 is 19.0 Å². The molecule has 3 aromatic carbocycles. The molecule has 28 heavy (non-hydrogen) atoms. The number of nitrogens with one attached hydrogen (secondary N) is 1. The number of carboxylic acids is 1. The van der Waals surface area contributed by atoms with E-state index in [0.717, 1.165) is 5.56 Å². The van der Waals surface area contributed by atoms with Gasteiger partial charge in [0.1, 0.15) is 18.2 Å². The largest absolute Gasteiger partial charge is 0.489 e. The summed E-state index contributed by atoms with van der Waals surface area (Å²) in [6.45, 7) is 0.143. The van der Waals surface area contributed by atoms with Crippen LogP contribution in [0.15, 0.2) is 71.8 Å². The van der Waals surface area contributed by atoms with E-state index in [0.29, 0.717) is 17.0 Å². The number of ether oxygens (including phenoxy) is 1. The number of hydrazone groups is 1. The topological polar surface area (TPSA) is 70.9 Å². The normalized spacial score (nSPS) is 10.8. The van der Waals surface area contributed by atoms with Gasteiger partial charge in [-0.3, -0.25) is 5.43 Å². The van der Waals surface area contributed by atoms with Crippen molar-refractivity contribution in [3.63, 3.8) is 0 Å². The van der Waals surface area contributed by atoms with Crippen LogP contribution < -0.4 is 10.2 Å². The first-order chi connectivity index (χ1) is 13.5. The predicted octanol–water partition coefficient (Wildman–Crippen LogP) is 5.20. The molecule has 0 saturated heterocycles. The standard InChI is InChI=1S/C21H16ClFN2O3/c22-19-10-7-16(11-18(19)21(26)27)25-24-12-14-5-8-17(9-6-14)28-13-15-3-1-2-4-20(15)23/h1-12,25H,13H2,(H,26,27). The SMILES string of the molecule is O=C(O)c1cc(NN=Cc2ccc(OCc3ccccc3F)cc2)ccc1Cl. The second-order valence-electron chi connectivity index (χ2n) is 5.82. The fraction of sp³-hybridized carbons (Fsp3) is 0.0476. The van der Waals surface area contributed by atoms with Gasteiger partial charge in [-0.05, 0) is 54.1 Å². The van der Waals surface area contributed by atoms with Crippen LogP contribution in [-0.2, 0) is 6.61 Å². The molecule has 0 aromatic heterocycles. The van der Waals surface area contributed by atoms with Crippen LogP contribution in [0.2, 0.25) is 5.02 Å². The molecule has 0 saturated carbocycles. The molecule has 0 aliphatic heterocycles. The molecule has 0 bridgehead atoms. The first-order valence-electron chi connectivity index (χ1n) is 8.31. The van der Waals surface area contributed by atoms with E-state index < -0.39 is 5.97 Å². The second kappa shape index (κ2) is 9.01. The zero-order valence-electron chi connectivity index (χ0n) is 14.6. The summed E-state index contributed by atoms with van der Waals surface area (Å²) < 4.78 is 19.2. The average molecular weight is 399 g/mol. The number of carboxylic acid groups (broad SMARTS) is 1. The molecular weight excluding hydrogens is 383 g/mol. The summed E-state index contributed by atoms with van der Waals surface area (Å²) in [5, 5.41) is 13.3. The van der Waals surface area contributed by atoms with Gasteiger partial charge in [-0.1, -0.05) is 29.8 Å². The summed E-state index contributed by atoms with van der Waals surface area (Å²) in [5.74, 6) is -0.800. The summed E-state index contributed by atoms with van der Waals surface area (Å²) in [7, 11) is 0. The molecule has 0 amide bonds. The molecule has 0 fully saturated rings. The van der Waals surface area contributed by atoms with Gasteiger partial charge >= 0.3 is 5.97 Å². The van der Waals surface area contributed by atoms with E-state index in [1.54, 1.807) is 54.7 Å². The van der Waals surface area contributed by atoms with E-state index in [1.165, 1.54) is 18.2 Å². The Hall–Kier alpha value is -3.38. The second-order valence-corrected chi connectivity index (χ2v) is 6.23. The minimum absolute atomic E-state index is 0.00165. The Balaban J connectivity index is 1.57. The van der Waals surface area contributed by atoms with Gasteiger partial charge in [0.05, 0.1) is 22.5 Å². The highest BCUT2D eigenvalue weighted by molar-refractivity contribution is 6.33. The van der Waals surface area contributed by atoms with Gasteiger partial charge in [0.15, 0.2) is 0 Å². The summed E-state index contributed by atoms with van der Waals surface area (Å²) in [6, 6.07) is 18.1. The number of hydrogen-bond donors (Lipinski definition) is 2. The van der Waals surface area contributed by atoms with Crippen molar-refractivity contribution in [1.82, 2.24) is 0 Å². The van der Waals surface area contributed by atoms with Crippen molar-refractivity contribution >= 4 is 29.5 Å². The summed E-state index contributed by atoms with van der Waals surface area (Å²) >= 11 is 5.83. The average Bonchev–Trinajstić information content (AvgIpc) is 2.69. The molecule has 0 aliphatic carbocycles. The minimum atomic E-state index is -1.11. The van der Waals surface area contributed by atoms with Crippen molar-refractivity contribution in [3.05, 3.63) is 94.3 Å². The lowest BCUT2D eigenvalue weighted by Crippen LogP contribution is -1.99. The van der Waals surface area contributed by atoms with Crippen LogP contribution >= 0.6 is 11.6 Å². The van der Waals surface area contributed by atoms with Crippen LogP contribution in [0, 0.1) is 5.82 Å². The Morgan fingerprint density at radius 2 is 1.89 bits per heavy atom. The van der Waals surface area contributed by atoms with Crippen molar-refractivity contribution in [3.8, 4) is 5.75 Å². The Morgan fingerprint density at radius 3 is 2.61 bits per heavy atom. The number of aromatic carboxylic acids is 1. The van der Waals surface area contributed by atoms with Gasteiger partial charge in [-0.15, -0.1) is 0 Å². The molecule has 0 aliphatic rings. The predicted molar refractivity (Wildman–Crippen MR) is 107 cm³/mol. The molecule has 2 N–H and O–H groups in total. The maximum Gasteiger partial charge on any atom is 0.337 e. The van der Waals surface area contributed by atoms with Crippen LogP contribution in [0.1, 0.15) is 21.5 Å². The van der Waals surface area contributed by atoms with Gasteiger partial charge in [0, 0.05) is 5.56 Å². The van der Waals surface area contributed by atoms with Crippen LogP contribution in [0.5, 0.6) is 5.75 Å². The number of nitrogens with zero attached hydrogens (tertiary/aromatic N) is 1. The number of benzene rings is 3. The van der Waals surface area contributed by atoms with Gasteiger partial charge in [0.2, 0.25) is 0 Å². The summed E-state index contributed by atoms with van der Waals surface area (Å²) in [5.41, 5.74) is 4.55. The molecule has 5 nitrogen and oxygen atoms in total. The van der Waals surface area contributed by atoms with Crippen molar-refractivity contribution in [2.75, 3.05) is 5.43 Å². The van der Waals surface area contributed by atoms with Crippen LogP contribution in [0.25, 0.3) is 0 Å². The Labute approximate surface area is 166 Å². The number of anilines is 1. The number of hydrogen-bond acceptors (Lipinski definition) is 4. The highest BCUT2D eigenvalue weighted by Crippen LogP contribution is 2.20. The lowest BCUT2D eigenvalue weighted by molar-refractivity contribution is 0.0697. The number of rotatable bonds is 7. The molecule has 0 atom stereocenters. The molecule has 3 rings (SSSR count). The van der Waals surface area contributed by atoms with Gasteiger partial charge in [-0.2, -0.15) is 5.10 Å². The first kappa shape index (κ1) is 19.4. The maximum atomic E-state index is 13.6. The smallest absolute Gasteiger partial charge is 0.337 e. The van der Waals surface area contributed by atoms with E-state index in [-0.39, 0.29) is 23.0 Å². The number of halogens is 2. The monoisotopic (exact) mass is 398 g/mol. The molecular formula is C21H16ClFN2O3. The van der Waals surface area contributed by atoms with E-state index in [2.05, 4.69) is 10.5 Å². The third-order valence-corrected chi connectivity index (χ3v) is 4.17. The van der Waals surface area contributed by atoms with E-state index in [4.69, 9.17) is 21.4 Å². The van der Waals surface area contributed by atoms with Crippen LogP contribution in [-0.4, -0.2) is 17.3 Å². The molecule has 142 valence electrons. The lowest BCUT2D eigenvalue weighted by atomic mass is 10.2. The number of carbonyl (C=O) groups is 1.